The molecule has 3 aliphatic rings. The zero-order chi connectivity index (χ0) is 25.9. The van der Waals surface area contributed by atoms with Crippen LogP contribution >= 0.6 is 0 Å². The first-order valence-electron chi connectivity index (χ1n) is 13.5. The van der Waals surface area contributed by atoms with Crippen molar-refractivity contribution in [1.29, 1.82) is 0 Å². The van der Waals surface area contributed by atoms with Crippen molar-refractivity contribution in [2.75, 3.05) is 66.2 Å². The number of hydrogen-bond donors (Lipinski definition) is 0. The van der Waals surface area contributed by atoms with Crippen LogP contribution in [0, 0.1) is 5.92 Å². The fourth-order valence-electron chi connectivity index (χ4n) is 5.62. The molecule has 8 heteroatoms. The van der Waals surface area contributed by atoms with E-state index in [-0.39, 0.29) is 12.0 Å². The summed E-state index contributed by atoms with van der Waals surface area (Å²) in [7, 11) is 1.67. The van der Waals surface area contributed by atoms with E-state index in [0.29, 0.717) is 19.8 Å². The fraction of sp³-hybridized carbons (Fsp3) is 0.433. The molecular formula is C30H36N4O4. The van der Waals surface area contributed by atoms with Crippen LogP contribution in [0.25, 0.3) is 17.0 Å². The minimum atomic E-state index is 0.0158. The number of nitrogens with zero attached hydrogens (tertiary/aromatic N) is 4. The minimum absolute atomic E-state index is 0.0158. The summed E-state index contributed by atoms with van der Waals surface area (Å²) in [6.45, 7) is 9.91. The molecule has 200 valence electrons. The first-order valence-corrected chi connectivity index (χ1v) is 13.5. The lowest BCUT2D eigenvalue weighted by atomic mass is 9.89. The lowest BCUT2D eigenvalue weighted by Crippen LogP contribution is -2.50. The molecule has 0 aliphatic carbocycles. The molecule has 2 aromatic carbocycles. The van der Waals surface area contributed by atoms with E-state index in [1.54, 1.807) is 11.8 Å². The molecule has 38 heavy (non-hydrogen) atoms. The standard InChI is InChI=1S/C30H36N4O4/c1-22(16-23-6-4-3-5-7-23)19-32-10-12-33(13-11-32)20-29-26-21-36-28-18-27-24(17-25(28)30(26)31-38-29)8-9-34(27)37-15-14-35-2/h3-9,16-18,26,29H,10-15,19-21H2,1-2H3/b22-16+. The van der Waals surface area contributed by atoms with Crippen LogP contribution in [0.5, 0.6) is 5.75 Å². The van der Waals surface area contributed by atoms with Gasteiger partial charge in [-0.05, 0) is 24.6 Å². The molecule has 0 amide bonds. The highest BCUT2D eigenvalue weighted by atomic mass is 16.7. The van der Waals surface area contributed by atoms with E-state index in [1.807, 2.05) is 12.3 Å². The molecule has 3 aliphatic heterocycles. The second-order valence-electron chi connectivity index (χ2n) is 10.4. The van der Waals surface area contributed by atoms with Crippen LogP contribution in [0.4, 0.5) is 0 Å². The molecule has 6 rings (SSSR count). The molecule has 0 radical (unpaired) electrons. The molecule has 2 atom stereocenters. The SMILES string of the molecule is COCCOn1ccc2cc3c(cc21)OCC1C3=NOC1CN1CCN(C/C(C)=C/c2ccccc2)CC1. The Kier molecular flexibility index (Phi) is 7.35. The van der Waals surface area contributed by atoms with E-state index in [0.717, 1.165) is 67.2 Å². The summed E-state index contributed by atoms with van der Waals surface area (Å²) in [5.41, 5.74) is 5.66. The Bertz CT molecular complexity index is 1310. The third-order valence-electron chi connectivity index (χ3n) is 7.64. The Balaban J connectivity index is 1.04. The molecule has 8 nitrogen and oxygen atoms in total. The number of hydrogen-bond acceptors (Lipinski definition) is 7. The van der Waals surface area contributed by atoms with Gasteiger partial charge in [0.15, 0.2) is 6.10 Å². The Morgan fingerprint density at radius 3 is 2.68 bits per heavy atom. The van der Waals surface area contributed by atoms with Crippen molar-refractivity contribution < 1.29 is 19.1 Å². The molecule has 4 heterocycles. The molecular weight excluding hydrogens is 480 g/mol. The van der Waals surface area contributed by atoms with E-state index in [4.69, 9.17) is 19.1 Å². The van der Waals surface area contributed by atoms with Crippen LogP contribution in [0.1, 0.15) is 18.1 Å². The van der Waals surface area contributed by atoms with Crippen LogP contribution in [0.15, 0.2) is 65.5 Å². The molecule has 0 bridgehead atoms. The third kappa shape index (κ3) is 5.29. The average Bonchev–Trinajstić information content (AvgIpc) is 3.53. The molecule has 0 N–H and O–H groups in total. The third-order valence-corrected chi connectivity index (χ3v) is 7.64. The van der Waals surface area contributed by atoms with Crippen molar-refractivity contribution in [2.24, 2.45) is 11.1 Å². The summed E-state index contributed by atoms with van der Waals surface area (Å²) in [4.78, 5) is 16.8. The summed E-state index contributed by atoms with van der Waals surface area (Å²) in [5.74, 6) is 0.980. The van der Waals surface area contributed by atoms with Crippen molar-refractivity contribution in [1.82, 2.24) is 14.5 Å². The number of fused-ring (bicyclic) bond motifs is 4. The number of methoxy groups -OCH3 is 1. The molecule has 0 spiro atoms. The van der Waals surface area contributed by atoms with Gasteiger partial charge in [0, 0.05) is 69.6 Å². The topological polar surface area (TPSA) is 60.7 Å². The van der Waals surface area contributed by atoms with Gasteiger partial charge in [0.05, 0.1) is 18.0 Å². The molecule has 1 saturated heterocycles. The Morgan fingerprint density at radius 2 is 1.87 bits per heavy atom. The van der Waals surface area contributed by atoms with Gasteiger partial charge < -0.3 is 19.1 Å². The zero-order valence-corrected chi connectivity index (χ0v) is 22.2. The predicted molar refractivity (Wildman–Crippen MR) is 149 cm³/mol. The van der Waals surface area contributed by atoms with Gasteiger partial charge >= 0.3 is 0 Å². The van der Waals surface area contributed by atoms with Crippen LogP contribution in [0.3, 0.4) is 0 Å². The smallest absolute Gasteiger partial charge is 0.151 e. The van der Waals surface area contributed by atoms with E-state index in [1.165, 1.54) is 11.1 Å². The summed E-state index contributed by atoms with van der Waals surface area (Å²) in [6, 6.07) is 16.8. The number of piperazine rings is 1. The number of oxime groups is 1. The van der Waals surface area contributed by atoms with E-state index in [9.17, 15) is 0 Å². The van der Waals surface area contributed by atoms with Gasteiger partial charge in [0.25, 0.3) is 0 Å². The maximum Gasteiger partial charge on any atom is 0.151 e. The van der Waals surface area contributed by atoms with Crippen molar-refractivity contribution in [3.8, 4) is 5.75 Å². The highest BCUT2D eigenvalue weighted by Gasteiger charge is 2.41. The lowest BCUT2D eigenvalue weighted by molar-refractivity contribution is 0.0101. The maximum atomic E-state index is 6.24. The first-order chi connectivity index (χ1) is 18.7. The van der Waals surface area contributed by atoms with Gasteiger partial charge in [0.2, 0.25) is 0 Å². The Morgan fingerprint density at radius 1 is 1.05 bits per heavy atom. The van der Waals surface area contributed by atoms with E-state index >= 15 is 0 Å². The van der Waals surface area contributed by atoms with Gasteiger partial charge in [-0.1, -0.05) is 47.1 Å². The van der Waals surface area contributed by atoms with Crippen molar-refractivity contribution in [3.05, 3.63) is 71.4 Å². The van der Waals surface area contributed by atoms with Crippen LogP contribution in [0.2, 0.25) is 0 Å². The summed E-state index contributed by atoms with van der Waals surface area (Å²) < 4.78 is 13.1. The molecule has 2 unspecified atom stereocenters. The van der Waals surface area contributed by atoms with Gasteiger partial charge in [-0.25, -0.2) is 0 Å². The number of aromatic nitrogens is 1. The van der Waals surface area contributed by atoms with Crippen molar-refractivity contribution in [2.45, 2.75) is 13.0 Å². The Labute approximate surface area is 223 Å². The second-order valence-corrected chi connectivity index (χ2v) is 10.4. The van der Waals surface area contributed by atoms with Crippen molar-refractivity contribution in [3.63, 3.8) is 0 Å². The first kappa shape index (κ1) is 25.0. The Hall–Kier alpha value is -3.33. The minimum Gasteiger partial charge on any atom is -0.492 e. The monoisotopic (exact) mass is 516 g/mol. The molecule has 1 fully saturated rings. The summed E-state index contributed by atoms with van der Waals surface area (Å²) in [6.07, 6.45) is 4.23. The number of benzene rings is 2. The van der Waals surface area contributed by atoms with E-state index < -0.39 is 0 Å². The predicted octanol–water partition coefficient (Wildman–Crippen LogP) is 3.55. The molecule has 3 aromatic rings. The zero-order valence-electron chi connectivity index (χ0n) is 22.2. The molecule has 1 aromatic heterocycles. The number of rotatable bonds is 9. The van der Waals surface area contributed by atoms with Crippen LogP contribution < -0.4 is 9.57 Å². The molecule has 0 saturated carbocycles. The number of ether oxygens (including phenoxy) is 2. The van der Waals surface area contributed by atoms with E-state index in [2.05, 4.69) is 70.4 Å². The van der Waals surface area contributed by atoms with Crippen molar-refractivity contribution >= 4 is 22.7 Å². The maximum absolute atomic E-state index is 6.24. The van der Waals surface area contributed by atoms with Crippen LogP contribution in [-0.2, 0) is 9.57 Å². The normalized spacial score (nSPS) is 21.9. The highest BCUT2D eigenvalue weighted by molar-refractivity contribution is 6.08. The summed E-state index contributed by atoms with van der Waals surface area (Å²) in [5, 5.41) is 5.64. The van der Waals surface area contributed by atoms with Gasteiger partial charge in [-0.15, -0.1) is 0 Å². The van der Waals surface area contributed by atoms with Gasteiger partial charge in [-0.2, -0.15) is 4.73 Å². The second kappa shape index (κ2) is 11.2. The highest BCUT2D eigenvalue weighted by Crippen LogP contribution is 2.37. The van der Waals surface area contributed by atoms with Gasteiger partial charge in [0.1, 0.15) is 24.7 Å². The van der Waals surface area contributed by atoms with Gasteiger partial charge in [-0.3, -0.25) is 9.80 Å². The van der Waals surface area contributed by atoms with Crippen LogP contribution in [-0.4, -0.2) is 92.5 Å². The lowest BCUT2D eigenvalue weighted by Gasteiger charge is -2.36. The largest absolute Gasteiger partial charge is 0.492 e. The summed E-state index contributed by atoms with van der Waals surface area (Å²) >= 11 is 0. The quantitative estimate of drug-likeness (QED) is 0.406. The average molecular weight is 517 g/mol. The fourth-order valence-corrected chi connectivity index (χ4v) is 5.62.